The van der Waals surface area contributed by atoms with E-state index >= 15 is 0 Å². The van der Waals surface area contributed by atoms with Crippen LogP contribution in [0.3, 0.4) is 0 Å². The Kier molecular flexibility index (Phi) is 5.29. The van der Waals surface area contributed by atoms with Crippen LogP contribution in [0, 0.1) is 17.6 Å². The minimum atomic E-state index is -5.01. The van der Waals surface area contributed by atoms with Crippen molar-refractivity contribution in [3.63, 3.8) is 0 Å². The third kappa shape index (κ3) is 4.22. The Hall–Kier alpha value is -3.28. The zero-order valence-electron chi connectivity index (χ0n) is 20.2. The lowest BCUT2D eigenvalue weighted by atomic mass is 9.77. The van der Waals surface area contributed by atoms with Gasteiger partial charge >= 0.3 is 6.18 Å². The van der Waals surface area contributed by atoms with Gasteiger partial charge in [0.25, 0.3) is 11.8 Å². The van der Waals surface area contributed by atoms with Crippen LogP contribution >= 0.6 is 0 Å². The quantitative estimate of drug-likeness (QED) is 0.643. The first-order chi connectivity index (χ1) is 16.5. The molecule has 3 N–H and O–H groups in total. The van der Waals surface area contributed by atoms with Crippen LogP contribution in [-0.4, -0.2) is 41.7 Å². The zero-order valence-corrected chi connectivity index (χ0v) is 17.2. The Balaban J connectivity index is 2.12. The minimum Gasteiger partial charge on any atom is -0.493 e. The summed E-state index contributed by atoms with van der Waals surface area (Å²) >= 11 is 0. The van der Waals surface area contributed by atoms with Gasteiger partial charge in [-0.2, -0.15) is 17.6 Å². The number of primary amides is 1. The zero-order chi connectivity index (χ0) is 27.2. The van der Waals surface area contributed by atoms with Crippen molar-refractivity contribution >= 4 is 17.5 Å². The second kappa shape index (κ2) is 8.58. The maximum atomic E-state index is 14.6. The van der Waals surface area contributed by atoms with Crippen molar-refractivity contribution in [2.24, 2.45) is 11.7 Å². The van der Waals surface area contributed by atoms with E-state index in [1.807, 2.05) is 0 Å². The van der Waals surface area contributed by atoms with Gasteiger partial charge < -0.3 is 20.5 Å². The van der Waals surface area contributed by atoms with Crippen LogP contribution in [-0.2, 0) is 9.53 Å². The maximum Gasteiger partial charge on any atom is 0.417 e. The predicted molar refractivity (Wildman–Crippen MR) is 106 cm³/mol. The van der Waals surface area contributed by atoms with Gasteiger partial charge in [0, 0.05) is 29.3 Å². The van der Waals surface area contributed by atoms with Gasteiger partial charge in [-0.25, -0.2) is 4.39 Å². The van der Waals surface area contributed by atoms with Crippen molar-refractivity contribution in [2.75, 3.05) is 12.4 Å². The highest BCUT2D eigenvalue weighted by Crippen LogP contribution is 2.55. The molecule has 1 aliphatic heterocycles. The van der Waals surface area contributed by atoms with Gasteiger partial charge in [-0.15, -0.1) is 0 Å². The molecule has 2 heterocycles. The summed E-state index contributed by atoms with van der Waals surface area (Å²) in [5, 5.41) is 2.28. The SMILES string of the molecule is [2H]C([2H])([2H])Oc1c([C@H]2[C@@H](C(=O)Nc3ccnc(C(N)=O)c3)O[C@](C)(C(F)(F)F)[C@@H]2C)ccc(F)c1F. The highest BCUT2D eigenvalue weighted by atomic mass is 19.4. The number of benzene rings is 1. The van der Waals surface area contributed by atoms with Gasteiger partial charge in [-0.3, -0.25) is 14.6 Å². The highest BCUT2D eigenvalue weighted by molar-refractivity contribution is 5.97. The number of carbonyl (C=O) groups is 2. The second-order valence-corrected chi connectivity index (χ2v) is 7.62. The molecule has 2 amide bonds. The number of hydrogen-bond acceptors (Lipinski definition) is 5. The fourth-order valence-corrected chi connectivity index (χ4v) is 3.79. The molecule has 2 aromatic rings. The fraction of sp³-hybridized carbons (Fsp3) is 0.381. The molecule has 1 saturated heterocycles. The van der Waals surface area contributed by atoms with Crippen molar-refractivity contribution in [1.29, 1.82) is 0 Å². The summed E-state index contributed by atoms with van der Waals surface area (Å²) in [4.78, 5) is 28.2. The van der Waals surface area contributed by atoms with Crippen LogP contribution in [0.4, 0.5) is 27.6 Å². The summed E-state index contributed by atoms with van der Waals surface area (Å²) in [5.74, 6) is -9.76. The largest absolute Gasteiger partial charge is 0.493 e. The number of carbonyl (C=O) groups excluding carboxylic acids is 2. The molecule has 1 aromatic carbocycles. The molecular formula is C21H20F5N3O4. The Morgan fingerprint density at radius 1 is 1.30 bits per heavy atom. The molecule has 0 spiro atoms. The van der Waals surface area contributed by atoms with E-state index in [2.05, 4.69) is 15.0 Å². The van der Waals surface area contributed by atoms with Crippen LogP contribution in [0.1, 0.15) is 39.9 Å². The number of amides is 2. The Labute approximate surface area is 189 Å². The number of nitrogens with one attached hydrogen (secondary N) is 1. The first-order valence-electron chi connectivity index (χ1n) is 10.9. The fourth-order valence-electron chi connectivity index (χ4n) is 3.79. The minimum absolute atomic E-state index is 0.0660. The molecule has 0 bridgehead atoms. The smallest absolute Gasteiger partial charge is 0.417 e. The van der Waals surface area contributed by atoms with Gasteiger partial charge in [0.2, 0.25) is 5.82 Å². The van der Waals surface area contributed by atoms with Crippen LogP contribution in [0.15, 0.2) is 30.5 Å². The van der Waals surface area contributed by atoms with Crippen LogP contribution < -0.4 is 15.8 Å². The lowest BCUT2D eigenvalue weighted by Crippen LogP contribution is -2.47. The van der Waals surface area contributed by atoms with Gasteiger partial charge in [0.15, 0.2) is 17.2 Å². The lowest BCUT2D eigenvalue weighted by Gasteiger charge is -2.32. The number of methoxy groups -OCH3 is 1. The van der Waals surface area contributed by atoms with E-state index in [0.29, 0.717) is 13.0 Å². The molecule has 1 aliphatic rings. The summed E-state index contributed by atoms with van der Waals surface area (Å²) in [6.45, 7) is 1.75. The molecule has 12 heteroatoms. The lowest BCUT2D eigenvalue weighted by molar-refractivity contribution is -0.272. The van der Waals surface area contributed by atoms with E-state index in [9.17, 15) is 31.5 Å². The van der Waals surface area contributed by atoms with Crippen LogP contribution in [0.25, 0.3) is 0 Å². The number of pyridine rings is 1. The van der Waals surface area contributed by atoms with Crippen molar-refractivity contribution in [3.05, 3.63) is 53.4 Å². The molecule has 33 heavy (non-hydrogen) atoms. The van der Waals surface area contributed by atoms with Gasteiger partial charge in [-0.05, 0) is 25.1 Å². The molecule has 1 fully saturated rings. The normalized spacial score (nSPS) is 26.8. The number of hydrogen-bond donors (Lipinski definition) is 2. The van der Waals surface area contributed by atoms with E-state index in [4.69, 9.17) is 14.6 Å². The summed E-state index contributed by atoms with van der Waals surface area (Å²) in [5.41, 5.74) is 1.36. The monoisotopic (exact) mass is 476 g/mol. The number of aromatic nitrogens is 1. The van der Waals surface area contributed by atoms with E-state index < -0.39 is 71.5 Å². The summed E-state index contributed by atoms with van der Waals surface area (Å²) in [6.07, 6.45) is -5.87. The van der Waals surface area contributed by atoms with Gasteiger partial charge in [0.1, 0.15) is 11.8 Å². The molecule has 0 unspecified atom stereocenters. The summed E-state index contributed by atoms with van der Waals surface area (Å²) in [6, 6.07) is 3.70. The topological polar surface area (TPSA) is 104 Å². The summed E-state index contributed by atoms with van der Waals surface area (Å²) < 4.78 is 102. The number of rotatable bonds is 5. The second-order valence-electron chi connectivity index (χ2n) is 7.62. The Bertz CT molecular complexity index is 1190. The number of alkyl halides is 3. The average molecular weight is 476 g/mol. The maximum absolute atomic E-state index is 14.6. The molecule has 0 saturated carbocycles. The first kappa shape index (κ1) is 20.3. The van der Waals surface area contributed by atoms with E-state index in [1.54, 1.807) is 0 Å². The number of halogens is 5. The highest BCUT2D eigenvalue weighted by Gasteiger charge is 2.65. The Morgan fingerprint density at radius 3 is 2.61 bits per heavy atom. The third-order valence-electron chi connectivity index (χ3n) is 5.75. The average Bonchev–Trinajstić information content (AvgIpc) is 3.03. The van der Waals surface area contributed by atoms with Crippen LogP contribution in [0.5, 0.6) is 5.75 Å². The molecular weight excluding hydrogens is 453 g/mol. The number of ether oxygens (including phenoxy) is 2. The third-order valence-corrected chi connectivity index (χ3v) is 5.75. The standard InChI is InChI=1S/C21H20F5N3O4/c1-9-14(11-4-5-12(22)15(23)16(11)32-3)17(33-20(9,2)21(24,25)26)19(31)29-10-6-7-28-13(8-10)18(27)30/h4-9,14,17H,1-3H3,(H2,27,30)(H,28,29,31)/t9-,14+,17+,20+/m1/s1/i3D3. The summed E-state index contributed by atoms with van der Waals surface area (Å²) in [7, 11) is -3.29. The Morgan fingerprint density at radius 2 is 2.00 bits per heavy atom. The predicted octanol–water partition coefficient (Wildman–Crippen LogP) is 3.55. The van der Waals surface area contributed by atoms with Crippen molar-refractivity contribution in [1.82, 2.24) is 4.98 Å². The number of nitrogens with zero attached hydrogens (tertiary/aromatic N) is 1. The van der Waals surface area contributed by atoms with Crippen molar-refractivity contribution in [3.8, 4) is 5.75 Å². The van der Waals surface area contributed by atoms with Gasteiger partial charge in [-0.1, -0.05) is 13.0 Å². The molecule has 178 valence electrons. The number of anilines is 1. The van der Waals surface area contributed by atoms with Crippen molar-refractivity contribution in [2.45, 2.75) is 37.6 Å². The molecule has 0 aliphatic carbocycles. The van der Waals surface area contributed by atoms with Gasteiger partial charge in [0.05, 0.1) is 11.2 Å². The van der Waals surface area contributed by atoms with Crippen LogP contribution in [0.2, 0.25) is 0 Å². The van der Waals surface area contributed by atoms with E-state index in [1.165, 1.54) is 6.07 Å². The molecule has 0 radical (unpaired) electrons. The van der Waals surface area contributed by atoms with E-state index in [-0.39, 0.29) is 11.4 Å². The van der Waals surface area contributed by atoms with Crippen molar-refractivity contribution < 1.29 is 45.1 Å². The molecule has 3 rings (SSSR count). The number of nitrogens with two attached hydrogens (primary N) is 1. The first-order valence-corrected chi connectivity index (χ1v) is 9.44. The molecule has 7 nitrogen and oxygen atoms in total. The molecule has 1 aromatic heterocycles. The molecule has 4 atom stereocenters. The van der Waals surface area contributed by atoms with E-state index in [0.717, 1.165) is 25.3 Å².